The molecule has 0 bridgehead atoms. The quantitative estimate of drug-likeness (QED) is 0.733. The minimum absolute atomic E-state index is 0.267. The van der Waals surface area contributed by atoms with E-state index in [1.807, 2.05) is 6.07 Å². The molecule has 1 aromatic rings. The van der Waals surface area contributed by atoms with Gasteiger partial charge in [-0.2, -0.15) is 0 Å². The second-order valence-electron chi connectivity index (χ2n) is 4.29. The van der Waals surface area contributed by atoms with Crippen LogP contribution in [0.1, 0.15) is 37.4 Å². The number of hydrogen-bond donors (Lipinski definition) is 0. The Morgan fingerprint density at radius 2 is 2.13 bits per heavy atom. The fourth-order valence-electron chi connectivity index (χ4n) is 1.86. The number of sulfone groups is 1. The Bertz CT molecular complexity index is 477. The molecule has 0 aromatic carbocycles. The van der Waals surface area contributed by atoms with Crippen molar-refractivity contribution in [3.63, 3.8) is 0 Å². The molecule has 0 saturated carbocycles. The van der Waals surface area contributed by atoms with Crippen molar-refractivity contribution in [1.82, 2.24) is 4.98 Å². The molecule has 0 amide bonds. The molecular weight excluding hydrogens is 210 g/mol. The highest BCUT2D eigenvalue weighted by Gasteiger charge is 2.24. The van der Waals surface area contributed by atoms with Gasteiger partial charge in [-0.3, -0.25) is 4.98 Å². The Hall–Kier alpha value is -0.900. The summed E-state index contributed by atoms with van der Waals surface area (Å²) in [5.74, 6) is 0.614. The smallest absolute Gasteiger partial charge is 0.180 e. The van der Waals surface area contributed by atoms with Crippen molar-refractivity contribution in [1.29, 1.82) is 0 Å². The van der Waals surface area contributed by atoms with Gasteiger partial charge in [0.05, 0.1) is 10.6 Å². The second-order valence-corrected chi connectivity index (χ2v) is 6.37. The summed E-state index contributed by atoms with van der Waals surface area (Å²) in [6.07, 6.45) is 3.12. The van der Waals surface area contributed by atoms with Crippen LogP contribution in [0.15, 0.2) is 17.2 Å². The van der Waals surface area contributed by atoms with Crippen molar-refractivity contribution in [2.24, 2.45) is 0 Å². The van der Waals surface area contributed by atoms with E-state index < -0.39 is 9.84 Å². The van der Waals surface area contributed by atoms with Crippen molar-refractivity contribution in [3.05, 3.63) is 23.5 Å². The summed E-state index contributed by atoms with van der Waals surface area (Å²) in [7, 11) is -3.05. The van der Waals surface area contributed by atoms with E-state index in [2.05, 4.69) is 18.8 Å². The fourth-order valence-corrected chi connectivity index (χ4v) is 3.37. The molecule has 0 N–H and O–H groups in total. The van der Waals surface area contributed by atoms with Crippen molar-refractivity contribution >= 4 is 9.84 Å². The number of hydrogen-bond acceptors (Lipinski definition) is 3. The number of aromatic nitrogens is 1. The van der Waals surface area contributed by atoms with E-state index in [1.54, 1.807) is 0 Å². The molecular formula is C11H15NO2S. The van der Waals surface area contributed by atoms with Gasteiger partial charge in [0.1, 0.15) is 0 Å². The lowest BCUT2D eigenvalue weighted by molar-refractivity contribution is 0.585. The standard InChI is InChI=1S/C11H15NO2S/c1-8(2)10-6-9-4-3-5-15(13,14)11(9)7-12-10/h6-8H,3-5H2,1-2H3. The van der Waals surface area contributed by atoms with Crippen LogP contribution in [0.25, 0.3) is 0 Å². The van der Waals surface area contributed by atoms with E-state index in [0.717, 1.165) is 24.1 Å². The lowest BCUT2D eigenvalue weighted by Gasteiger charge is -2.17. The maximum Gasteiger partial charge on any atom is 0.180 e. The van der Waals surface area contributed by atoms with Gasteiger partial charge in [0.25, 0.3) is 0 Å². The van der Waals surface area contributed by atoms with Crippen LogP contribution in [0.3, 0.4) is 0 Å². The largest absolute Gasteiger partial charge is 0.260 e. The fraction of sp³-hybridized carbons (Fsp3) is 0.545. The first-order valence-corrected chi connectivity index (χ1v) is 6.87. The predicted octanol–water partition coefficient (Wildman–Crippen LogP) is 1.92. The average molecular weight is 225 g/mol. The van der Waals surface area contributed by atoms with Gasteiger partial charge in [-0.15, -0.1) is 0 Å². The van der Waals surface area contributed by atoms with Crippen LogP contribution >= 0.6 is 0 Å². The van der Waals surface area contributed by atoms with Crippen molar-refractivity contribution in [3.8, 4) is 0 Å². The van der Waals surface area contributed by atoms with E-state index in [0.29, 0.717) is 10.8 Å². The third-order valence-corrected chi connectivity index (χ3v) is 4.62. The molecule has 0 radical (unpaired) electrons. The third kappa shape index (κ3) is 1.91. The third-order valence-electron chi connectivity index (χ3n) is 2.76. The van der Waals surface area contributed by atoms with Gasteiger partial charge in [0, 0.05) is 11.9 Å². The summed E-state index contributed by atoms with van der Waals surface area (Å²) >= 11 is 0. The highest BCUT2D eigenvalue weighted by atomic mass is 32.2. The van der Waals surface area contributed by atoms with Crippen LogP contribution in [0.5, 0.6) is 0 Å². The van der Waals surface area contributed by atoms with E-state index in [-0.39, 0.29) is 5.75 Å². The summed E-state index contributed by atoms with van der Waals surface area (Å²) in [5, 5.41) is 0. The summed E-state index contributed by atoms with van der Waals surface area (Å²) in [5.41, 5.74) is 1.92. The van der Waals surface area contributed by atoms with Gasteiger partial charge < -0.3 is 0 Å². The van der Waals surface area contributed by atoms with E-state index >= 15 is 0 Å². The summed E-state index contributed by atoms with van der Waals surface area (Å²) in [4.78, 5) is 4.65. The maximum absolute atomic E-state index is 11.7. The van der Waals surface area contributed by atoms with Gasteiger partial charge in [0.15, 0.2) is 9.84 Å². The Morgan fingerprint density at radius 1 is 1.40 bits per heavy atom. The monoisotopic (exact) mass is 225 g/mol. The van der Waals surface area contributed by atoms with Crippen LogP contribution < -0.4 is 0 Å². The van der Waals surface area contributed by atoms with Crippen molar-refractivity contribution in [2.45, 2.75) is 37.5 Å². The molecule has 1 aliphatic rings. The molecule has 0 fully saturated rings. The van der Waals surface area contributed by atoms with Crippen LogP contribution in [0.4, 0.5) is 0 Å². The lowest BCUT2D eigenvalue weighted by Crippen LogP contribution is -2.17. The summed E-state index contributed by atoms with van der Waals surface area (Å²) in [6.45, 7) is 4.12. The molecule has 1 aliphatic heterocycles. The Morgan fingerprint density at radius 3 is 2.80 bits per heavy atom. The highest BCUT2D eigenvalue weighted by Crippen LogP contribution is 2.26. The average Bonchev–Trinajstić information content (AvgIpc) is 2.16. The number of pyridine rings is 1. The van der Waals surface area contributed by atoms with Crippen molar-refractivity contribution < 1.29 is 8.42 Å². The molecule has 15 heavy (non-hydrogen) atoms. The molecule has 2 rings (SSSR count). The zero-order chi connectivity index (χ0) is 11.1. The van der Waals surface area contributed by atoms with Gasteiger partial charge in [-0.25, -0.2) is 8.42 Å². The predicted molar refractivity (Wildman–Crippen MR) is 58.7 cm³/mol. The van der Waals surface area contributed by atoms with Crippen molar-refractivity contribution in [2.75, 3.05) is 5.75 Å². The Labute approximate surface area is 90.5 Å². The second kappa shape index (κ2) is 3.59. The van der Waals surface area contributed by atoms with E-state index in [9.17, 15) is 8.42 Å². The van der Waals surface area contributed by atoms with Crippen LogP contribution in [0, 0.1) is 0 Å². The van der Waals surface area contributed by atoms with Crippen LogP contribution in [-0.2, 0) is 16.3 Å². The number of rotatable bonds is 1. The zero-order valence-electron chi connectivity index (χ0n) is 9.03. The summed E-state index contributed by atoms with van der Waals surface area (Å²) in [6, 6.07) is 1.94. The van der Waals surface area contributed by atoms with E-state index in [4.69, 9.17) is 0 Å². The molecule has 0 saturated heterocycles. The molecule has 1 aromatic heterocycles. The van der Waals surface area contributed by atoms with E-state index in [1.165, 1.54) is 6.20 Å². The normalized spacial score (nSPS) is 18.9. The maximum atomic E-state index is 11.7. The van der Waals surface area contributed by atoms with Gasteiger partial charge in [-0.1, -0.05) is 13.8 Å². The molecule has 0 atom stereocenters. The molecule has 0 spiro atoms. The first kappa shape index (κ1) is 10.6. The Kier molecular flexibility index (Phi) is 2.54. The number of fused-ring (bicyclic) bond motifs is 1. The molecule has 4 heteroatoms. The molecule has 82 valence electrons. The number of nitrogens with zero attached hydrogens (tertiary/aromatic N) is 1. The molecule has 0 aliphatic carbocycles. The van der Waals surface area contributed by atoms with Gasteiger partial charge in [0.2, 0.25) is 0 Å². The SMILES string of the molecule is CC(C)c1cc2c(cn1)S(=O)(=O)CCC2. The first-order chi connectivity index (χ1) is 7.00. The lowest BCUT2D eigenvalue weighted by atomic mass is 10.0. The minimum atomic E-state index is -3.05. The highest BCUT2D eigenvalue weighted by molar-refractivity contribution is 7.91. The minimum Gasteiger partial charge on any atom is -0.260 e. The van der Waals surface area contributed by atoms with Gasteiger partial charge >= 0.3 is 0 Å². The first-order valence-electron chi connectivity index (χ1n) is 5.22. The van der Waals surface area contributed by atoms with Crippen LogP contribution in [-0.4, -0.2) is 19.2 Å². The molecule has 2 heterocycles. The molecule has 0 unspecified atom stereocenters. The Balaban J connectivity index is 2.55. The topological polar surface area (TPSA) is 47.0 Å². The molecule has 3 nitrogen and oxygen atoms in total. The van der Waals surface area contributed by atoms with Crippen LogP contribution in [0.2, 0.25) is 0 Å². The summed E-state index contributed by atoms with van der Waals surface area (Å²) < 4.78 is 23.4. The number of aryl methyl sites for hydroxylation is 1. The zero-order valence-corrected chi connectivity index (χ0v) is 9.84. The van der Waals surface area contributed by atoms with Gasteiger partial charge in [-0.05, 0) is 30.4 Å².